The van der Waals surface area contributed by atoms with Gasteiger partial charge in [0.1, 0.15) is 11.6 Å². The van der Waals surface area contributed by atoms with E-state index < -0.39 is 213 Å². The van der Waals surface area contributed by atoms with Crippen LogP contribution in [0.4, 0.5) is 158 Å². The van der Waals surface area contributed by atoms with Crippen LogP contribution in [-0.4, -0.2) is 152 Å². The van der Waals surface area contributed by atoms with Crippen LogP contribution in [0.3, 0.4) is 0 Å². The first-order chi connectivity index (χ1) is 36.1. The van der Waals surface area contributed by atoms with Gasteiger partial charge in [-0.2, -0.15) is 178 Å². The Morgan fingerprint density at radius 1 is 0.280 bits per heavy atom. The Labute approximate surface area is 426 Å². The van der Waals surface area contributed by atoms with E-state index in [1.807, 2.05) is 0 Å². The van der Waals surface area contributed by atoms with E-state index in [-0.39, 0.29) is 6.42 Å². The van der Waals surface area contributed by atoms with Gasteiger partial charge in [-0.1, -0.05) is 0 Å². The summed E-state index contributed by atoms with van der Waals surface area (Å²) in [5.74, 6) is -93.7. The van der Waals surface area contributed by atoms with E-state index in [9.17, 15) is 158 Å². The Morgan fingerprint density at radius 3 is 0.634 bits per heavy atom. The normalized spacial score (nSPS) is 22.6. The highest BCUT2D eigenvalue weighted by Crippen LogP contribution is 2.66. The number of hydrogen-bond acceptors (Lipinski definition) is 10. The SMILES string of the molecule is FC(F)(F)C(F)(F)C(F)(F)C(F)(F)COc1nc(OCC(F)(F)C(F)(F)C(F)(F)C(F)(F)F)nc(C23CC4CC(C2)CC(c2nc(OCC(F)(F)C(F)(F)C(F)(F)C(F)(F)F)nc(OCC(F)(F)C(F)(F)C(F)(F)C(F)(F)F)n2)(C4)C3)n1. The van der Waals surface area contributed by atoms with Gasteiger partial charge >= 0.3 is 120 Å². The molecule has 0 N–H and O–H groups in total. The first kappa shape index (κ1) is 67.5. The summed E-state index contributed by atoms with van der Waals surface area (Å²) in [5.41, 5.74) is -4.83. The standard InChI is InChI=1S/C36H22F36N6O4/c37-21(38,25(45,46)29(53,54)33(61,62)63)7-79-15-73-13(74-16(77-15)80-8-22(39,40)26(47,48)30(55,56)34(64,65)66)19-2-11-1-12(4-19)5-20(3-11,6-19)14-75-17(81-9-23(41,42)27(49,50)31(57,58)35(67,68)69)78-18(76-14)82-10-24(43,44)28(51,52)32(59,60)36(70,71)72/h11-12H,1-10H2. The molecule has 0 aliphatic heterocycles. The number of aromatic nitrogens is 6. The molecule has 0 radical (unpaired) electrons. The third-order valence-electron chi connectivity index (χ3n) is 12.6. The van der Waals surface area contributed by atoms with Gasteiger partial charge in [-0.05, 0) is 50.4 Å². The van der Waals surface area contributed by atoms with Gasteiger partial charge in [-0.3, -0.25) is 0 Å². The van der Waals surface area contributed by atoms with Crippen LogP contribution in [0.2, 0.25) is 0 Å². The summed E-state index contributed by atoms with van der Waals surface area (Å²) in [6, 6.07) is -9.11. The molecule has 0 saturated heterocycles. The zero-order valence-corrected chi connectivity index (χ0v) is 38.1. The van der Waals surface area contributed by atoms with Crippen molar-refractivity contribution in [3.05, 3.63) is 11.6 Å². The van der Waals surface area contributed by atoms with Crippen molar-refractivity contribution in [3.63, 3.8) is 0 Å². The summed E-state index contributed by atoms with van der Waals surface area (Å²) in [6.45, 7) is -14.1. The molecule has 472 valence electrons. The van der Waals surface area contributed by atoms with Crippen LogP contribution in [0.15, 0.2) is 0 Å². The molecule has 2 aromatic heterocycles. The predicted octanol–water partition coefficient (Wildman–Crippen LogP) is 13.2. The molecule has 4 aliphatic carbocycles. The van der Waals surface area contributed by atoms with Gasteiger partial charge in [0, 0.05) is 10.8 Å². The number of alkyl halides is 36. The molecule has 4 aliphatic rings. The highest BCUT2D eigenvalue weighted by Gasteiger charge is 2.85. The maximum Gasteiger partial charge on any atom is 0.460 e. The van der Waals surface area contributed by atoms with Crippen LogP contribution in [-0.2, 0) is 10.8 Å². The number of halogens is 36. The lowest BCUT2D eigenvalue weighted by Gasteiger charge is -2.60. The summed E-state index contributed by atoms with van der Waals surface area (Å²) in [6.07, 6.45) is -34.3. The lowest BCUT2D eigenvalue weighted by Crippen LogP contribution is -2.62. The Bertz CT molecular complexity index is 2320. The molecule has 46 heteroatoms. The van der Waals surface area contributed by atoms with Gasteiger partial charge in [0.05, 0.1) is 0 Å². The summed E-state index contributed by atoms with van der Waals surface area (Å²) in [7, 11) is 0. The van der Waals surface area contributed by atoms with Crippen molar-refractivity contribution in [1.29, 1.82) is 0 Å². The lowest BCUT2D eigenvalue weighted by molar-refractivity contribution is -0.398. The molecule has 6 rings (SSSR count). The topological polar surface area (TPSA) is 114 Å². The van der Waals surface area contributed by atoms with Gasteiger partial charge in [0.2, 0.25) is 0 Å². The second kappa shape index (κ2) is 19.6. The largest absolute Gasteiger partial charge is 0.460 e. The van der Waals surface area contributed by atoms with Gasteiger partial charge in [-0.15, -0.1) is 9.97 Å². The Morgan fingerprint density at radius 2 is 0.463 bits per heavy atom. The summed E-state index contributed by atoms with van der Waals surface area (Å²) in [5, 5.41) is 0. The third kappa shape index (κ3) is 10.9. The predicted molar refractivity (Wildman–Crippen MR) is 183 cm³/mol. The molecule has 2 heterocycles. The fourth-order valence-electron chi connectivity index (χ4n) is 8.81. The summed E-state index contributed by atoms with van der Waals surface area (Å²) >= 11 is 0. The van der Waals surface area contributed by atoms with Crippen LogP contribution in [0.25, 0.3) is 0 Å². The van der Waals surface area contributed by atoms with Gasteiger partial charge in [0.15, 0.2) is 26.4 Å². The number of hydrogen-bond donors (Lipinski definition) is 0. The number of ether oxygens (including phenoxy) is 4. The fourth-order valence-corrected chi connectivity index (χ4v) is 8.81. The maximum atomic E-state index is 14.6. The molecule has 0 atom stereocenters. The smallest absolute Gasteiger partial charge is 0.457 e. The van der Waals surface area contributed by atoms with Crippen molar-refractivity contribution in [2.75, 3.05) is 26.4 Å². The van der Waals surface area contributed by atoms with E-state index in [4.69, 9.17) is 0 Å². The molecular weight excluding hydrogens is 1260 g/mol. The van der Waals surface area contributed by atoms with Crippen molar-refractivity contribution in [3.8, 4) is 24.0 Å². The van der Waals surface area contributed by atoms with Crippen LogP contribution in [0, 0.1) is 11.8 Å². The minimum atomic E-state index is -7.69. The maximum absolute atomic E-state index is 14.6. The Balaban J connectivity index is 1.67. The Hall–Kier alpha value is -5.30. The monoisotopic (exact) mass is 1290 g/mol. The number of rotatable bonds is 22. The van der Waals surface area contributed by atoms with Crippen molar-refractivity contribution >= 4 is 0 Å². The van der Waals surface area contributed by atoms with Crippen LogP contribution in [0.5, 0.6) is 24.0 Å². The fraction of sp³-hybridized carbons (Fsp3) is 0.833. The lowest BCUT2D eigenvalue weighted by atomic mass is 9.43. The minimum absolute atomic E-state index is 0.216. The molecule has 2 aromatic rings. The molecule has 4 fully saturated rings. The third-order valence-corrected chi connectivity index (χ3v) is 12.6. The highest BCUT2D eigenvalue weighted by atomic mass is 19.5. The highest BCUT2D eigenvalue weighted by molar-refractivity contribution is 5.30. The average Bonchev–Trinajstić information content (AvgIpc) is 3.29. The molecule has 0 aromatic carbocycles. The molecular formula is C36H22F36N6O4. The first-order valence-corrected chi connectivity index (χ1v) is 20.9. The van der Waals surface area contributed by atoms with E-state index >= 15 is 0 Å². The quantitative estimate of drug-likeness (QED) is 0.106. The van der Waals surface area contributed by atoms with Gasteiger partial charge in [0.25, 0.3) is 0 Å². The van der Waals surface area contributed by atoms with E-state index in [1.54, 1.807) is 0 Å². The second-order valence-electron chi connectivity index (χ2n) is 18.5. The molecule has 0 amide bonds. The molecule has 4 bridgehead atoms. The average molecular weight is 1290 g/mol. The zero-order valence-electron chi connectivity index (χ0n) is 38.1. The summed E-state index contributed by atoms with van der Waals surface area (Å²) in [4.78, 5) is 18.4. The van der Waals surface area contributed by atoms with Gasteiger partial charge < -0.3 is 18.9 Å². The minimum Gasteiger partial charge on any atom is -0.457 e. The van der Waals surface area contributed by atoms with E-state index in [0.29, 0.717) is 0 Å². The zero-order chi connectivity index (χ0) is 63.8. The second-order valence-corrected chi connectivity index (χ2v) is 18.5. The Kier molecular flexibility index (Phi) is 16.2. The van der Waals surface area contributed by atoms with Crippen molar-refractivity contribution in [2.24, 2.45) is 11.8 Å². The van der Waals surface area contributed by atoms with Crippen molar-refractivity contribution in [1.82, 2.24) is 29.9 Å². The van der Waals surface area contributed by atoms with Crippen molar-refractivity contribution < 1.29 is 177 Å². The van der Waals surface area contributed by atoms with Gasteiger partial charge in [-0.25, -0.2) is 0 Å². The van der Waals surface area contributed by atoms with E-state index in [2.05, 4.69) is 48.9 Å². The molecule has 0 spiro atoms. The molecule has 4 saturated carbocycles. The molecule has 10 nitrogen and oxygen atoms in total. The van der Waals surface area contributed by atoms with Crippen LogP contribution < -0.4 is 18.9 Å². The van der Waals surface area contributed by atoms with Crippen LogP contribution in [0.1, 0.15) is 50.2 Å². The number of nitrogens with zero attached hydrogens (tertiary/aromatic N) is 6. The molecule has 0 unspecified atom stereocenters. The first-order valence-electron chi connectivity index (χ1n) is 20.9. The summed E-state index contributed by atoms with van der Waals surface area (Å²) < 4.78 is 508. The van der Waals surface area contributed by atoms with E-state index in [0.717, 1.165) is 0 Å². The van der Waals surface area contributed by atoms with Crippen LogP contribution >= 0.6 is 0 Å². The molecule has 82 heavy (non-hydrogen) atoms. The van der Waals surface area contributed by atoms with E-state index in [1.165, 1.54) is 0 Å². The van der Waals surface area contributed by atoms with Crippen molar-refractivity contribution in [2.45, 2.75) is 145 Å².